The maximum absolute atomic E-state index is 12.5. The first-order valence-electron chi connectivity index (χ1n) is 9.66. The molecule has 30 heavy (non-hydrogen) atoms. The molecule has 0 amide bonds. The molecule has 10 heteroatoms. The highest BCUT2D eigenvalue weighted by atomic mass is 32.2. The van der Waals surface area contributed by atoms with Crippen molar-refractivity contribution in [1.82, 2.24) is 33.9 Å². The van der Waals surface area contributed by atoms with E-state index in [2.05, 4.69) is 22.3 Å². The number of hydrogen-bond acceptors (Lipinski definition) is 7. The van der Waals surface area contributed by atoms with E-state index >= 15 is 0 Å². The van der Waals surface area contributed by atoms with E-state index in [1.807, 2.05) is 38.7 Å². The number of aryl methyl sites for hydroxylation is 1. The number of benzene rings is 1. The van der Waals surface area contributed by atoms with Gasteiger partial charge in [-0.2, -0.15) is 0 Å². The van der Waals surface area contributed by atoms with Gasteiger partial charge in [-0.05, 0) is 36.4 Å². The lowest BCUT2D eigenvalue weighted by molar-refractivity contribution is 0.782. The van der Waals surface area contributed by atoms with Gasteiger partial charge in [-0.25, -0.2) is 9.67 Å². The van der Waals surface area contributed by atoms with Gasteiger partial charge in [0, 0.05) is 13.0 Å². The van der Waals surface area contributed by atoms with Gasteiger partial charge in [-0.15, -0.1) is 26.6 Å². The van der Waals surface area contributed by atoms with Crippen LogP contribution in [0.25, 0.3) is 21.7 Å². The number of nitrogens with zero attached hydrogens (tertiary/aromatic N) is 7. The van der Waals surface area contributed by atoms with Gasteiger partial charge < -0.3 is 0 Å². The van der Waals surface area contributed by atoms with Gasteiger partial charge in [0.05, 0.1) is 17.0 Å². The van der Waals surface area contributed by atoms with Crippen molar-refractivity contribution < 1.29 is 0 Å². The Morgan fingerprint density at radius 3 is 2.80 bits per heavy atom. The van der Waals surface area contributed by atoms with Gasteiger partial charge in [-0.1, -0.05) is 30.0 Å². The van der Waals surface area contributed by atoms with Gasteiger partial charge in [0.25, 0.3) is 5.56 Å². The molecule has 1 aromatic carbocycles. The van der Waals surface area contributed by atoms with E-state index in [0.717, 1.165) is 40.9 Å². The molecule has 0 N–H and O–H groups in total. The zero-order valence-corrected chi connectivity index (χ0v) is 17.7. The fraction of sp³-hybridized carbons (Fsp3) is 0.250. The number of para-hydroxylation sites is 1. The third-order valence-corrected chi connectivity index (χ3v) is 7.01. The van der Waals surface area contributed by atoms with E-state index in [4.69, 9.17) is 10.1 Å². The van der Waals surface area contributed by atoms with Gasteiger partial charge in [0.1, 0.15) is 16.3 Å². The Morgan fingerprint density at radius 2 is 2.00 bits per heavy atom. The number of thioether (sulfide) groups is 1. The molecule has 1 fully saturated rings. The Morgan fingerprint density at radius 1 is 1.17 bits per heavy atom. The summed E-state index contributed by atoms with van der Waals surface area (Å²) >= 11 is 2.98. The van der Waals surface area contributed by atoms with Gasteiger partial charge in [0.2, 0.25) is 10.9 Å². The van der Waals surface area contributed by atoms with Crippen molar-refractivity contribution in [2.24, 2.45) is 7.05 Å². The third kappa shape index (κ3) is 2.78. The molecule has 150 valence electrons. The van der Waals surface area contributed by atoms with E-state index in [9.17, 15) is 4.79 Å². The van der Waals surface area contributed by atoms with Crippen molar-refractivity contribution in [1.29, 1.82) is 0 Å². The predicted molar refractivity (Wildman–Crippen MR) is 117 cm³/mol. The lowest BCUT2D eigenvalue weighted by atomic mass is 10.3. The fourth-order valence-electron chi connectivity index (χ4n) is 3.61. The molecule has 0 bridgehead atoms. The number of aromatic nitrogens is 7. The van der Waals surface area contributed by atoms with Crippen LogP contribution in [0, 0.1) is 0 Å². The van der Waals surface area contributed by atoms with Crippen LogP contribution in [0.15, 0.2) is 51.7 Å². The van der Waals surface area contributed by atoms with Crippen molar-refractivity contribution in [3.63, 3.8) is 0 Å². The largest absolute Gasteiger partial charge is 0.279 e. The Kier molecular flexibility index (Phi) is 4.03. The lowest BCUT2D eigenvalue weighted by Gasteiger charge is -2.04. The van der Waals surface area contributed by atoms with Crippen LogP contribution in [-0.2, 0) is 12.8 Å². The normalized spacial score (nSPS) is 14.2. The van der Waals surface area contributed by atoms with Crippen molar-refractivity contribution in [3.8, 4) is 5.69 Å². The maximum atomic E-state index is 12.5. The molecule has 1 aliphatic rings. The second-order valence-corrected chi connectivity index (χ2v) is 9.17. The van der Waals surface area contributed by atoms with Gasteiger partial charge >= 0.3 is 0 Å². The van der Waals surface area contributed by atoms with Crippen LogP contribution < -0.4 is 5.56 Å². The first-order chi connectivity index (χ1) is 14.7. The summed E-state index contributed by atoms with van der Waals surface area (Å²) < 4.78 is 6.17. The van der Waals surface area contributed by atoms with Crippen LogP contribution >= 0.6 is 23.1 Å². The standard InChI is InChI=1S/C20H17N7OS2/c1-25-18(28)16-14(9-10-29-16)26-15(22-23-20(25)26)11-30-19-21-17(12-7-8-12)27(24-19)13-5-3-2-4-6-13/h2-6,9-10,12H,7-8,11H2,1H3. The van der Waals surface area contributed by atoms with Gasteiger partial charge in [-0.3, -0.25) is 13.8 Å². The molecule has 6 rings (SSSR count). The minimum atomic E-state index is -0.0450. The molecule has 4 heterocycles. The molecule has 5 aromatic rings. The number of hydrogen-bond donors (Lipinski definition) is 0. The number of fused-ring (bicyclic) bond motifs is 3. The number of rotatable bonds is 5. The lowest BCUT2D eigenvalue weighted by Crippen LogP contribution is -2.19. The van der Waals surface area contributed by atoms with E-state index in [-0.39, 0.29) is 5.56 Å². The van der Waals surface area contributed by atoms with Gasteiger partial charge in [0.15, 0.2) is 0 Å². The minimum absolute atomic E-state index is 0.0450. The molecule has 0 aliphatic heterocycles. The van der Waals surface area contributed by atoms with Crippen LogP contribution in [0.2, 0.25) is 0 Å². The summed E-state index contributed by atoms with van der Waals surface area (Å²) in [7, 11) is 1.73. The zero-order valence-electron chi connectivity index (χ0n) is 16.1. The van der Waals surface area contributed by atoms with Crippen molar-refractivity contribution in [2.45, 2.75) is 29.7 Å². The quantitative estimate of drug-likeness (QED) is 0.394. The fourth-order valence-corrected chi connectivity index (χ4v) is 5.20. The van der Waals surface area contributed by atoms with E-state index < -0.39 is 0 Å². The summed E-state index contributed by atoms with van der Waals surface area (Å²) in [4.78, 5) is 17.3. The monoisotopic (exact) mass is 435 g/mol. The summed E-state index contributed by atoms with van der Waals surface area (Å²) in [6.07, 6.45) is 2.32. The smallest absolute Gasteiger partial charge is 0.272 e. The highest BCUT2D eigenvalue weighted by Crippen LogP contribution is 2.40. The third-order valence-electron chi connectivity index (χ3n) is 5.28. The van der Waals surface area contributed by atoms with Crippen molar-refractivity contribution in [2.75, 3.05) is 0 Å². The topological polar surface area (TPSA) is 82.9 Å². The molecular formula is C20H17N7OS2. The summed E-state index contributed by atoms with van der Waals surface area (Å²) in [5.74, 6) is 3.40. The summed E-state index contributed by atoms with van der Waals surface area (Å²) in [6.45, 7) is 0. The van der Waals surface area contributed by atoms with E-state index in [1.54, 1.807) is 11.6 Å². The first-order valence-corrected chi connectivity index (χ1v) is 11.5. The molecule has 0 radical (unpaired) electrons. The summed E-state index contributed by atoms with van der Waals surface area (Å²) in [5.41, 5.74) is 1.83. The molecule has 0 atom stereocenters. The Labute approximate surface area is 179 Å². The highest BCUT2D eigenvalue weighted by Gasteiger charge is 2.30. The average molecular weight is 436 g/mol. The second-order valence-electron chi connectivity index (χ2n) is 7.31. The molecule has 4 aromatic heterocycles. The van der Waals surface area contributed by atoms with Crippen LogP contribution in [0.3, 0.4) is 0 Å². The molecule has 1 saturated carbocycles. The first kappa shape index (κ1) is 17.8. The van der Waals surface area contributed by atoms with E-state index in [1.165, 1.54) is 23.1 Å². The molecule has 0 unspecified atom stereocenters. The highest BCUT2D eigenvalue weighted by molar-refractivity contribution is 7.98. The molecule has 0 saturated heterocycles. The van der Waals surface area contributed by atoms with Crippen LogP contribution in [0.1, 0.15) is 30.4 Å². The van der Waals surface area contributed by atoms with E-state index in [0.29, 0.717) is 22.1 Å². The number of thiophene rings is 1. The minimum Gasteiger partial charge on any atom is -0.279 e. The molecular weight excluding hydrogens is 418 g/mol. The molecule has 8 nitrogen and oxygen atoms in total. The predicted octanol–water partition coefficient (Wildman–Crippen LogP) is 3.39. The van der Waals surface area contributed by atoms with Crippen molar-refractivity contribution in [3.05, 3.63) is 63.8 Å². The Balaban J connectivity index is 1.37. The van der Waals surface area contributed by atoms with Crippen LogP contribution in [-0.4, -0.2) is 33.9 Å². The van der Waals surface area contributed by atoms with Crippen molar-refractivity contribution >= 4 is 39.1 Å². The van der Waals surface area contributed by atoms with Crippen LogP contribution in [0.4, 0.5) is 0 Å². The average Bonchev–Trinajstić information content (AvgIpc) is 3.17. The summed E-state index contributed by atoms with van der Waals surface area (Å²) in [5, 5.41) is 16.0. The molecule has 0 spiro atoms. The Hall–Kier alpha value is -2.98. The molecule has 1 aliphatic carbocycles. The second kappa shape index (κ2) is 6.78. The van der Waals surface area contributed by atoms with Crippen LogP contribution in [0.5, 0.6) is 0 Å². The zero-order chi connectivity index (χ0) is 20.2. The maximum Gasteiger partial charge on any atom is 0.272 e. The summed E-state index contributed by atoms with van der Waals surface area (Å²) in [6, 6.07) is 12.1. The SMILES string of the molecule is Cn1c(=O)c2sccc2n2c(CSc3nc(C4CC4)n(-c4ccccc4)n3)nnc12. The Bertz CT molecular complexity index is 1440.